The molecule has 8 heteroatoms. The van der Waals surface area contributed by atoms with Gasteiger partial charge < -0.3 is 4.98 Å². The average molecular weight is 398 g/mol. The van der Waals surface area contributed by atoms with Crippen LogP contribution in [0.25, 0.3) is 11.0 Å². The lowest BCUT2D eigenvalue weighted by atomic mass is 10.0. The first-order valence-corrected chi connectivity index (χ1v) is 10.7. The number of H-pyrrole nitrogens is 1. The van der Waals surface area contributed by atoms with Crippen LogP contribution in [0.1, 0.15) is 30.1 Å². The summed E-state index contributed by atoms with van der Waals surface area (Å²) in [6.45, 7) is 3.14. The van der Waals surface area contributed by atoms with Crippen LogP contribution in [0, 0.1) is 5.92 Å². The number of nitrogens with zero attached hydrogens (tertiary/aromatic N) is 2. The van der Waals surface area contributed by atoms with Crippen LogP contribution >= 0.6 is 0 Å². The third kappa shape index (κ3) is 3.65. The molecule has 146 valence electrons. The maximum absolute atomic E-state index is 12.8. The van der Waals surface area contributed by atoms with E-state index in [2.05, 4.69) is 22.2 Å². The van der Waals surface area contributed by atoms with E-state index in [0.717, 1.165) is 23.9 Å². The first-order valence-electron chi connectivity index (χ1n) is 9.30. The van der Waals surface area contributed by atoms with Gasteiger partial charge >= 0.3 is 0 Å². The quantitative estimate of drug-likeness (QED) is 0.705. The standard InChI is InChI=1S/C20H22N4O3S/c1-14-5-4-12-24(13-14)28(26,27)16-10-8-15(9-11-16)19(25)23-20-21-17-6-2-3-7-18(17)22-20/h2-3,6-11,14H,4-5,12-13H2,1H3,(H2,21,22,23,25). The average Bonchev–Trinajstić information content (AvgIpc) is 3.10. The molecule has 1 fully saturated rings. The number of hydrogen-bond donors (Lipinski definition) is 2. The molecule has 28 heavy (non-hydrogen) atoms. The highest BCUT2D eigenvalue weighted by Crippen LogP contribution is 2.24. The van der Waals surface area contributed by atoms with Gasteiger partial charge in [-0.1, -0.05) is 19.1 Å². The summed E-state index contributed by atoms with van der Waals surface area (Å²) >= 11 is 0. The molecular formula is C20H22N4O3S. The highest BCUT2D eigenvalue weighted by Gasteiger charge is 2.28. The predicted octanol–water partition coefficient (Wildman–Crippen LogP) is 3.24. The fourth-order valence-corrected chi connectivity index (χ4v) is 5.08. The molecule has 7 nitrogen and oxygen atoms in total. The van der Waals surface area contributed by atoms with Crippen molar-refractivity contribution in [2.75, 3.05) is 18.4 Å². The van der Waals surface area contributed by atoms with Crippen LogP contribution in [0.3, 0.4) is 0 Å². The molecule has 3 aromatic rings. The summed E-state index contributed by atoms with van der Waals surface area (Å²) in [5, 5.41) is 2.71. The van der Waals surface area contributed by atoms with Gasteiger partial charge in [0.25, 0.3) is 5.91 Å². The molecule has 2 N–H and O–H groups in total. The first-order chi connectivity index (χ1) is 13.4. The maximum Gasteiger partial charge on any atom is 0.257 e. The molecule has 4 rings (SSSR count). The molecule has 0 radical (unpaired) electrons. The molecule has 1 atom stereocenters. The molecular weight excluding hydrogens is 376 g/mol. The Hall–Kier alpha value is -2.71. The number of aromatic nitrogens is 2. The SMILES string of the molecule is CC1CCCN(S(=O)(=O)c2ccc(C(=O)Nc3nc4ccccc4[nH]3)cc2)C1. The zero-order chi connectivity index (χ0) is 19.7. The maximum atomic E-state index is 12.8. The number of sulfonamides is 1. The van der Waals surface area contributed by atoms with E-state index in [0.29, 0.717) is 30.5 Å². The lowest BCUT2D eigenvalue weighted by Crippen LogP contribution is -2.39. The number of rotatable bonds is 4. The highest BCUT2D eigenvalue weighted by molar-refractivity contribution is 7.89. The largest absolute Gasteiger partial charge is 0.324 e. The Morgan fingerprint density at radius 2 is 1.93 bits per heavy atom. The van der Waals surface area contributed by atoms with E-state index in [9.17, 15) is 13.2 Å². The predicted molar refractivity (Wildman–Crippen MR) is 108 cm³/mol. The lowest BCUT2D eigenvalue weighted by molar-refractivity contribution is 0.102. The van der Waals surface area contributed by atoms with Crippen molar-refractivity contribution in [2.45, 2.75) is 24.7 Å². The minimum absolute atomic E-state index is 0.210. The number of aromatic amines is 1. The Morgan fingerprint density at radius 3 is 2.64 bits per heavy atom. The van der Waals surface area contributed by atoms with Crippen molar-refractivity contribution < 1.29 is 13.2 Å². The van der Waals surface area contributed by atoms with Gasteiger partial charge in [-0.25, -0.2) is 13.4 Å². The summed E-state index contributed by atoms with van der Waals surface area (Å²) in [6, 6.07) is 13.5. The van der Waals surface area contributed by atoms with E-state index in [-0.39, 0.29) is 10.8 Å². The summed E-state index contributed by atoms with van der Waals surface area (Å²) in [7, 11) is -3.53. The van der Waals surface area contributed by atoms with Gasteiger partial charge in [-0.2, -0.15) is 4.31 Å². The number of benzene rings is 2. The Kier molecular flexibility index (Phi) is 4.91. The molecule has 1 aliphatic heterocycles. The number of carbonyl (C=O) groups excluding carboxylic acids is 1. The molecule has 2 heterocycles. The van der Waals surface area contributed by atoms with Gasteiger partial charge in [0, 0.05) is 18.7 Å². The summed E-state index contributed by atoms with van der Waals surface area (Å²) in [5.41, 5.74) is 1.96. The summed E-state index contributed by atoms with van der Waals surface area (Å²) < 4.78 is 27.2. The number of fused-ring (bicyclic) bond motifs is 1. The summed E-state index contributed by atoms with van der Waals surface area (Å²) in [6.07, 6.45) is 1.92. The summed E-state index contributed by atoms with van der Waals surface area (Å²) in [5.74, 6) is 0.359. The Morgan fingerprint density at radius 1 is 1.18 bits per heavy atom. The monoisotopic (exact) mass is 398 g/mol. The third-order valence-electron chi connectivity index (χ3n) is 5.00. The Bertz CT molecular complexity index is 1070. The number of nitrogens with one attached hydrogen (secondary N) is 2. The zero-order valence-corrected chi connectivity index (χ0v) is 16.4. The number of piperidine rings is 1. The highest BCUT2D eigenvalue weighted by atomic mass is 32.2. The van der Waals surface area contributed by atoms with Gasteiger partial charge in [-0.3, -0.25) is 10.1 Å². The van der Waals surface area contributed by atoms with E-state index >= 15 is 0 Å². The van der Waals surface area contributed by atoms with E-state index in [1.807, 2.05) is 24.3 Å². The number of carbonyl (C=O) groups is 1. The molecule has 1 amide bonds. The number of amides is 1. The fourth-order valence-electron chi connectivity index (χ4n) is 3.48. The molecule has 1 aromatic heterocycles. The lowest BCUT2D eigenvalue weighted by Gasteiger charge is -2.30. The summed E-state index contributed by atoms with van der Waals surface area (Å²) in [4.78, 5) is 20.0. The van der Waals surface area contributed by atoms with Gasteiger partial charge in [0.15, 0.2) is 0 Å². The van der Waals surface area contributed by atoms with Crippen molar-refractivity contribution in [1.82, 2.24) is 14.3 Å². The number of imidazole rings is 1. The molecule has 0 aliphatic carbocycles. The van der Waals surface area contributed by atoms with Gasteiger partial charge in [0.05, 0.1) is 15.9 Å². The molecule has 0 spiro atoms. The van der Waals surface area contributed by atoms with E-state index in [4.69, 9.17) is 0 Å². The number of hydrogen-bond acceptors (Lipinski definition) is 4. The zero-order valence-electron chi connectivity index (χ0n) is 15.6. The second kappa shape index (κ2) is 7.37. The molecule has 0 saturated carbocycles. The van der Waals surface area contributed by atoms with Crippen LogP contribution in [0.15, 0.2) is 53.4 Å². The van der Waals surface area contributed by atoms with Crippen molar-refractivity contribution in [3.8, 4) is 0 Å². The van der Waals surface area contributed by atoms with Crippen molar-refractivity contribution >= 4 is 32.9 Å². The molecule has 1 unspecified atom stereocenters. The van der Waals surface area contributed by atoms with Crippen LogP contribution in [0.4, 0.5) is 5.95 Å². The molecule has 1 saturated heterocycles. The van der Waals surface area contributed by atoms with Crippen LogP contribution in [0.5, 0.6) is 0 Å². The topological polar surface area (TPSA) is 95.2 Å². The van der Waals surface area contributed by atoms with Crippen molar-refractivity contribution in [2.24, 2.45) is 5.92 Å². The molecule has 2 aromatic carbocycles. The van der Waals surface area contributed by atoms with Gasteiger partial charge in [0.1, 0.15) is 0 Å². The molecule has 0 bridgehead atoms. The van der Waals surface area contributed by atoms with Crippen molar-refractivity contribution in [1.29, 1.82) is 0 Å². The minimum atomic E-state index is -3.53. The second-order valence-corrected chi connectivity index (χ2v) is 9.13. The van der Waals surface area contributed by atoms with E-state index in [1.54, 1.807) is 0 Å². The van der Waals surface area contributed by atoms with Gasteiger partial charge in [0.2, 0.25) is 16.0 Å². The van der Waals surface area contributed by atoms with Crippen LogP contribution in [-0.2, 0) is 10.0 Å². The Balaban J connectivity index is 1.50. The third-order valence-corrected chi connectivity index (χ3v) is 6.87. The number of anilines is 1. The smallest absolute Gasteiger partial charge is 0.257 e. The van der Waals surface area contributed by atoms with Gasteiger partial charge in [-0.15, -0.1) is 0 Å². The van der Waals surface area contributed by atoms with Crippen LogP contribution in [0.2, 0.25) is 0 Å². The fraction of sp³-hybridized carbons (Fsp3) is 0.300. The van der Waals surface area contributed by atoms with Gasteiger partial charge in [-0.05, 0) is 55.2 Å². The normalized spacial score (nSPS) is 18.2. The Labute approximate surface area is 163 Å². The van der Waals surface area contributed by atoms with E-state index in [1.165, 1.54) is 28.6 Å². The van der Waals surface area contributed by atoms with E-state index < -0.39 is 10.0 Å². The molecule has 1 aliphatic rings. The minimum Gasteiger partial charge on any atom is -0.324 e. The van der Waals surface area contributed by atoms with Crippen LogP contribution < -0.4 is 5.32 Å². The van der Waals surface area contributed by atoms with Crippen molar-refractivity contribution in [3.05, 3.63) is 54.1 Å². The number of para-hydroxylation sites is 2. The van der Waals surface area contributed by atoms with Crippen molar-refractivity contribution in [3.63, 3.8) is 0 Å². The first kappa shape index (κ1) is 18.6. The second-order valence-electron chi connectivity index (χ2n) is 7.19. The van der Waals surface area contributed by atoms with Crippen LogP contribution in [-0.4, -0.2) is 41.7 Å².